The number of carbonyl (C=O) groups is 2. The highest BCUT2D eigenvalue weighted by Gasteiger charge is 2.24. The number of aliphatic carboxylic acids is 1. The second-order valence-corrected chi connectivity index (χ2v) is 5.61. The van der Waals surface area contributed by atoms with Gasteiger partial charge in [0.1, 0.15) is 0 Å². The van der Waals surface area contributed by atoms with E-state index >= 15 is 0 Å². The SMILES string of the molecule is CCN(CCC(=O)O)C(=O)CC1CCCc2ccccc21. The molecule has 0 aromatic heterocycles. The van der Waals surface area contributed by atoms with Crippen molar-refractivity contribution in [3.05, 3.63) is 35.4 Å². The van der Waals surface area contributed by atoms with Gasteiger partial charge in [-0.3, -0.25) is 9.59 Å². The van der Waals surface area contributed by atoms with Crippen LogP contribution in [0.3, 0.4) is 0 Å². The summed E-state index contributed by atoms with van der Waals surface area (Å²) in [5.74, 6) is -0.508. The van der Waals surface area contributed by atoms with Gasteiger partial charge in [0.15, 0.2) is 0 Å². The zero-order valence-corrected chi connectivity index (χ0v) is 12.5. The monoisotopic (exact) mass is 289 g/mol. The third-order valence-electron chi connectivity index (χ3n) is 4.24. The average Bonchev–Trinajstić information content (AvgIpc) is 2.48. The molecular weight excluding hydrogens is 266 g/mol. The zero-order chi connectivity index (χ0) is 15.2. The van der Waals surface area contributed by atoms with Crippen LogP contribution in [-0.4, -0.2) is 35.0 Å². The average molecular weight is 289 g/mol. The number of aryl methyl sites for hydroxylation is 1. The number of amides is 1. The molecule has 1 aromatic rings. The van der Waals surface area contributed by atoms with Crippen LogP contribution in [0.1, 0.15) is 49.7 Å². The maximum Gasteiger partial charge on any atom is 0.305 e. The Labute approximate surface area is 125 Å². The summed E-state index contributed by atoms with van der Waals surface area (Å²) >= 11 is 0. The molecule has 2 rings (SSSR count). The Kier molecular flexibility index (Phi) is 5.37. The van der Waals surface area contributed by atoms with Crippen molar-refractivity contribution in [3.8, 4) is 0 Å². The minimum atomic E-state index is -0.857. The molecule has 0 saturated carbocycles. The Bertz CT molecular complexity index is 513. The van der Waals surface area contributed by atoms with Gasteiger partial charge in [-0.25, -0.2) is 0 Å². The van der Waals surface area contributed by atoms with E-state index in [0.717, 1.165) is 19.3 Å². The van der Waals surface area contributed by atoms with Crippen molar-refractivity contribution < 1.29 is 14.7 Å². The van der Waals surface area contributed by atoms with Crippen LogP contribution in [0.15, 0.2) is 24.3 Å². The van der Waals surface area contributed by atoms with Gasteiger partial charge in [0.05, 0.1) is 6.42 Å². The van der Waals surface area contributed by atoms with E-state index in [4.69, 9.17) is 5.11 Å². The number of carboxylic acids is 1. The molecule has 0 aliphatic heterocycles. The second-order valence-electron chi connectivity index (χ2n) is 5.61. The predicted molar refractivity (Wildman–Crippen MR) is 81.2 cm³/mol. The first kappa shape index (κ1) is 15.5. The molecule has 0 heterocycles. The standard InChI is InChI=1S/C17H23NO3/c1-2-18(11-10-17(20)21)16(19)12-14-8-5-7-13-6-3-4-9-15(13)14/h3-4,6,9,14H,2,5,7-8,10-12H2,1H3,(H,20,21). The van der Waals surface area contributed by atoms with E-state index in [2.05, 4.69) is 12.1 Å². The van der Waals surface area contributed by atoms with Crippen molar-refractivity contribution in [3.63, 3.8) is 0 Å². The van der Waals surface area contributed by atoms with Crippen LogP contribution < -0.4 is 0 Å². The van der Waals surface area contributed by atoms with Gasteiger partial charge >= 0.3 is 5.97 Å². The van der Waals surface area contributed by atoms with Crippen LogP contribution in [0.5, 0.6) is 0 Å². The number of rotatable bonds is 6. The fourth-order valence-electron chi connectivity index (χ4n) is 3.10. The minimum absolute atomic E-state index is 0.0147. The summed E-state index contributed by atoms with van der Waals surface area (Å²) in [5.41, 5.74) is 2.65. The summed E-state index contributed by atoms with van der Waals surface area (Å²) in [7, 11) is 0. The smallest absolute Gasteiger partial charge is 0.305 e. The Morgan fingerprint density at radius 3 is 2.81 bits per heavy atom. The van der Waals surface area contributed by atoms with E-state index in [0.29, 0.717) is 19.5 Å². The van der Waals surface area contributed by atoms with Gasteiger partial charge in [-0.2, -0.15) is 0 Å². The number of benzene rings is 1. The summed E-state index contributed by atoms with van der Waals surface area (Å²) in [6, 6.07) is 8.35. The first-order chi connectivity index (χ1) is 10.1. The van der Waals surface area contributed by atoms with E-state index < -0.39 is 5.97 Å². The molecule has 1 N–H and O–H groups in total. The highest BCUT2D eigenvalue weighted by molar-refractivity contribution is 5.78. The summed E-state index contributed by atoms with van der Waals surface area (Å²) in [6.45, 7) is 2.77. The van der Waals surface area contributed by atoms with Crippen LogP contribution in [0.25, 0.3) is 0 Å². The van der Waals surface area contributed by atoms with Gasteiger partial charge in [-0.05, 0) is 43.2 Å². The van der Waals surface area contributed by atoms with Crippen LogP contribution in [0.2, 0.25) is 0 Å². The normalized spacial score (nSPS) is 17.1. The first-order valence-corrected chi connectivity index (χ1v) is 7.69. The number of carbonyl (C=O) groups excluding carboxylic acids is 1. The van der Waals surface area contributed by atoms with Crippen LogP contribution in [0.4, 0.5) is 0 Å². The Morgan fingerprint density at radius 1 is 1.33 bits per heavy atom. The van der Waals surface area contributed by atoms with Crippen molar-refractivity contribution in [2.45, 2.75) is 44.9 Å². The largest absolute Gasteiger partial charge is 0.481 e. The maximum atomic E-state index is 12.4. The molecule has 1 aliphatic rings. The predicted octanol–water partition coefficient (Wildman–Crippen LogP) is 2.82. The lowest BCUT2D eigenvalue weighted by Crippen LogP contribution is -2.34. The van der Waals surface area contributed by atoms with Crippen LogP contribution >= 0.6 is 0 Å². The van der Waals surface area contributed by atoms with Crippen molar-refractivity contribution in [1.29, 1.82) is 0 Å². The van der Waals surface area contributed by atoms with Gasteiger partial charge < -0.3 is 10.0 Å². The minimum Gasteiger partial charge on any atom is -0.481 e. The molecule has 114 valence electrons. The van der Waals surface area contributed by atoms with Crippen LogP contribution in [-0.2, 0) is 16.0 Å². The van der Waals surface area contributed by atoms with E-state index in [9.17, 15) is 9.59 Å². The topological polar surface area (TPSA) is 57.6 Å². The van der Waals surface area contributed by atoms with Crippen molar-refractivity contribution in [1.82, 2.24) is 4.90 Å². The molecule has 21 heavy (non-hydrogen) atoms. The van der Waals surface area contributed by atoms with E-state index in [1.54, 1.807) is 4.90 Å². The van der Waals surface area contributed by atoms with Gasteiger partial charge in [0, 0.05) is 19.5 Å². The fourth-order valence-corrected chi connectivity index (χ4v) is 3.10. The highest BCUT2D eigenvalue weighted by Crippen LogP contribution is 2.34. The quantitative estimate of drug-likeness (QED) is 0.876. The molecule has 0 radical (unpaired) electrons. The third kappa shape index (κ3) is 4.06. The Hall–Kier alpha value is -1.84. The fraction of sp³-hybridized carbons (Fsp3) is 0.529. The lowest BCUT2D eigenvalue weighted by Gasteiger charge is -2.28. The number of nitrogens with zero attached hydrogens (tertiary/aromatic N) is 1. The van der Waals surface area contributed by atoms with E-state index in [1.807, 2.05) is 19.1 Å². The molecular formula is C17H23NO3. The molecule has 1 atom stereocenters. The number of hydrogen-bond donors (Lipinski definition) is 1. The number of carboxylic acid groups (broad SMARTS) is 1. The summed E-state index contributed by atoms with van der Waals surface area (Å²) in [4.78, 5) is 24.7. The first-order valence-electron chi connectivity index (χ1n) is 7.69. The molecule has 4 heteroatoms. The van der Waals surface area contributed by atoms with Crippen molar-refractivity contribution in [2.75, 3.05) is 13.1 Å². The lowest BCUT2D eigenvalue weighted by atomic mass is 9.81. The molecule has 0 spiro atoms. The lowest BCUT2D eigenvalue weighted by molar-refractivity contribution is -0.138. The van der Waals surface area contributed by atoms with Crippen molar-refractivity contribution in [2.24, 2.45) is 0 Å². The molecule has 0 bridgehead atoms. The van der Waals surface area contributed by atoms with E-state index in [-0.39, 0.29) is 18.2 Å². The zero-order valence-electron chi connectivity index (χ0n) is 12.5. The number of hydrogen-bond acceptors (Lipinski definition) is 2. The Balaban J connectivity index is 2.01. The molecule has 1 unspecified atom stereocenters. The summed E-state index contributed by atoms with van der Waals surface area (Å²) < 4.78 is 0. The van der Waals surface area contributed by atoms with Gasteiger partial charge in [0.25, 0.3) is 0 Å². The molecule has 4 nitrogen and oxygen atoms in total. The Morgan fingerprint density at radius 2 is 2.10 bits per heavy atom. The third-order valence-corrected chi connectivity index (χ3v) is 4.24. The second kappa shape index (κ2) is 7.25. The summed E-state index contributed by atoms with van der Waals surface area (Å²) in [6.07, 6.45) is 3.76. The molecule has 0 fully saturated rings. The maximum absolute atomic E-state index is 12.4. The molecule has 1 amide bonds. The highest BCUT2D eigenvalue weighted by atomic mass is 16.4. The molecule has 0 saturated heterocycles. The molecule has 1 aromatic carbocycles. The van der Waals surface area contributed by atoms with Gasteiger partial charge in [-0.1, -0.05) is 24.3 Å². The van der Waals surface area contributed by atoms with Gasteiger partial charge in [0.2, 0.25) is 5.91 Å². The van der Waals surface area contributed by atoms with Gasteiger partial charge in [-0.15, -0.1) is 0 Å². The number of fused-ring (bicyclic) bond motifs is 1. The summed E-state index contributed by atoms with van der Waals surface area (Å²) in [5, 5.41) is 8.75. The van der Waals surface area contributed by atoms with Crippen molar-refractivity contribution >= 4 is 11.9 Å². The molecule has 1 aliphatic carbocycles. The van der Waals surface area contributed by atoms with E-state index in [1.165, 1.54) is 11.1 Å². The van der Waals surface area contributed by atoms with Crippen LogP contribution in [0, 0.1) is 0 Å².